The van der Waals surface area contributed by atoms with Crippen molar-refractivity contribution in [2.24, 2.45) is 0 Å². The maximum Gasteiger partial charge on any atom is 0.200 e. The van der Waals surface area contributed by atoms with E-state index >= 15 is 0 Å². The minimum atomic E-state index is -0.0166. The van der Waals surface area contributed by atoms with Gasteiger partial charge >= 0.3 is 0 Å². The summed E-state index contributed by atoms with van der Waals surface area (Å²) in [7, 11) is 0. The Kier molecular flexibility index (Phi) is 5.09. The van der Waals surface area contributed by atoms with E-state index in [0.717, 1.165) is 12.8 Å². The highest BCUT2D eigenvalue weighted by atomic mass is 16.5. The van der Waals surface area contributed by atoms with Crippen LogP contribution in [0.3, 0.4) is 0 Å². The summed E-state index contributed by atoms with van der Waals surface area (Å²) in [5.74, 6) is 0.692. The number of Topliss-reactive ketones (excluding diaryl/α,β-unsaturated/α-hetero) is 2. The lowest BCUT2D eigenvalue weighted by Gasteiger charge is -2.16. The van der Waals surface area contributed by atoms with Gasteiger partial charge in [0.1, 0.15) is 5.75 Å². The molecule has 1 aliphatic rings. The highest BCUT2D eigenvalue weighted by molar-refractivity contribution is 5.97. The van der Waals surface area contributed by atoms with Gasteiger partial charge in [-0.2, -0.15) is 0 Å². The molecule has 0 saturated carbocycles. The van der Waals surface area contributed by atoms with Gasteiger partial charge in [-0.15, -0.1) is 0 Å². The molecule has 2 aromatic rings. The number of carbonyl (C=O) groups excluding carboxylic acids is 2. The Balaban J connectivity index is 1.62. The fourth-order valence-electron chi connectivity index (χ4n) is 3.08. The van der Waals surface area contributed by atoms with Crippen molar-refractivity contribution in [3.05, 3.63) is 64.7 Å². The van der Waals surface area contributed by atoms with Gasteiger partial charge in [-0.05, 0) is 67.1 Å². The molecule has 2 aromatic carbocycles. The minimum absolute atomic E-state index is 0.0137. The molecule has 3 rings (SSSR count). The predicted molar refractivity (Wildman–Crippen MR) is 94.0 cm³/mol. The third-order valence-corrected chi connectivity index (χ3v) is 4.54. The number of hydrogen-bond donors (Lipinski definition) is 0. The molecule has 0 unspecified atom stereocenters. The normalized spacial score (nSPS) is 13.2. The first-order valence-corrected chi connectivity index (χ1v) is 8.58. The maximum absolute atomic E-state index is 12.3. The Hall–Kier alpha value is -2.42. The van der Waals surface area contributed by atoms with E-state index in [2.05, 4.69) is 6.07 Å². The molecule has 0 bridgehead atoms. The van der Waals surface area contributed by atoms with E-state index in [1.165, 1.54) is 24.0 Å². The number of aryl methyl sites for hydroxylation is 2. The zero-order valence-electron chi connectivity index (χ0n) is 14.0. The van der Waals surface area contributed by atoms with Crippen molar-refractivity contribution in [2.45, 2.75) is 39.0 Å². The maximum atomic E-state index is 12.3. The van der Waals surface area contributed by atoms with Crippen LogP contribution < -0.4 is 4.74 Å². The molecule has 124 valence electrons. The number of ketones is 2. The molecule has 3 nitrogen and oxygen atoms in total. The van der Waals surface area contributed by atoms with E-state index < -0.39 is 0 Å². The fourth-order valence-corrected chi connectivity index (χ4v) is 3.08. The minimum Gasteiger partial charge on any atom is -0.485 e. The van der Waals surface area contributed by atoms with Crippen LogP contribution >= 0.6 is 0 Å². The second-order valence-electron chi connectivity index (χ2n) is 6.20. The molecule has 0 radical (unpaired) electrons. The second-order valence-corrected chi connectivity index (χ2v) is 6.20. The first-order valence-electron chi connectivity index (χ1n) is 8.58. The number of ether oxygens (including phenoxy) is 1. The van der Waals surface area contributed by atoms with Crippen LogP contribution in [0.1, 0.15) is 58.0 Å². The molecule has 0 N–H and O–H groups in total. The number of fused-ring (bicyclic) bond motifs is 1. The summed E-state index contributed by atoms with van der Waals surface area (Å²) in [5, 5.41) is 0. The molecule has 0 aliphatic heterocycles. The number of hydrogen-bond acceptors (Lipinski definition) is 3. The van der Waals surface area contributed by atoms with Gasteiger partial charge in [0.25, 0.3) is 0 Å². The van der Waals surface area contributed by atoms with Gasteiger partial charge in [0.05, 0.1) is 0 Å². The van der Waals surface area contributed by atoms with Crippen LogP contribution in [0.15, 0.2) is 42.5 Å². The van der Waals surface area contributed by atoms with Gasteiger partial charge in [-0.1, -0.05) is 19.1 Å². The van der Waals surface area contributed by atoms with E-state index in [0.29, 0.717) is 23.3 Å². The van der Waals surface area contributed by atoms with Gasteiger partial charge < -0.3 is 4.74 Å². The zero-order chi connectivity index (χ0) is 16.9. The molecule has 0 spiro atoms. The standard InChI is InChI=1S/C21H22O3/c1-2-20(22)16-9-11-19(12-10-16)24-14-21(23)18-8-7-15-5-3-4-6-17(15)13-18/h7-13H,2-6,14H2,1H3. The Labute approximate surface area is 142 Å². The predicted octanol–water partition coefficient (Wildman–Crippen LogP) is 4.42. The Morgan fingerprint density at radius 3 is 2.25 bits per heavy atom. The Bertz CT molecular complexity index is 744. The highest BCUT2D eigenvalue weighted by Crippen LogP contribution is 2.22. The van der Waals surface area contributed by atoms with Crippen LogP contribution in [-0.2, 0) is 12.8 Å². The lowest BCUT2D eigenvalue weighted by molar-refractivity contribution is 0.0920. The van der Waals surface area contributed by atoms with E-state index in [1.807, 2.05) is 19.1 Å². The third kappa shape index (κ3) is 3.73. The highest BCUT2D eigenvalue weighted by Gasteiger charge is 2.13. The van der Waals surface area contributed by atoms with Gasteiger partial charge in [0, 0.05) is 17.5 Å². The second kappa shape index (κ2) is 7.43. The smallest absolute Gasteiger partial charge is 0.200 e. The average Bonchev–Trinajstić information content (AvgIpc) is 2.65. The molecule has 0 aromatic heterocycles. The van der Waals surface area contributed by atoms with E-state index in [-0.39, 0.29) is 18.2 Å². The molecule has 0 atom stereocenters. The van der Waals surface area contributed by atoms with Crippen LogP contribution in [0.4, 0.5) is 0 Å². The molecule has 0 amide bonds. The lowest BCUT2D eigenvalue weighted by atomic mass is 9.90. The van der Waals surface area contributed by atoms with Crippen molar-refractivity contribution >= 4 is 11.6 Å². The first-order chi connectivity index (χ1) is 11.7. The van der Waals surface area contributed by atoms with Gasteiger partial charge in [-0.3, -0.25) is 9.59 Å². The molecule has 0 heterocycles. The summed E-state index contributed by atoms with van der Waals surface area (Å²) in [6.07, 6.45) is 5.09. The van der Waals surface area contributed by atoms with E-state index in [9.17, 15) is 9.59 Å². The summed E-state index contributed by atoms with van der Waals surface area (Å²) < 4.78 is 5.57. The average molecular weight is 322 g/mol. The summed E-state index contributed by atoms with van der Waals surface area (Å²) in [6.45, 7) is 1.85. The molecule has 1 aliphatic carbocycles. The molecular weight excluding hydrogens is 300 g/mol. The Morgan fingerprint density at radius 2 is 1.54 bits per heavy atom. The molecule has 24 heavy (non-hydrogen) atoms. The fraction of sp³-hybridized carbons (Fsp3) is 0.333. The van der Waals surface area contributed by atoms with Crippen LogP contribution in [0.2, 0.25) is 0 Å². The number of benzene rings is 2. The van der Waals surface area contributed by atoms with Crippen molar-refractivity contribution in [3.8, 4) is 5.75 Å². The number of rotatable bonds is 6. The van der Waals surface area contributed by atoms with Crippen LogP contribution in [-0.4, -0.2) is 18.2 Å². The van der Waals surface area contributed by atoms with Crippen LogP contribution in [0, 0.1) is 0 Å². The van der Waals surface area contributed by atoms with Crippen molar-refractivity contribution in [2.75, 3.05) is 6.61 Å². The summed E-state index contributed by atoms with van der Waals surface area (Å²) in [5.41, 5.74) is 4.06. The molecule has 3 heteroatoms. The Morgan fingerprint density at radius 1 is 0.875 bits per heavy atom. The van der Waals surface area contributed by atoms with Crippen LogP contribution in [0.25, 0.3) is 0 Å². The topological polar surface area (TPSA) is 43.4 Å². The van der Waals surface area contributed by atoms with E-state index in [1.54, 1.807) is 24.3 Å². The SMILES string of the molecule is CCC(=O)c1ccc(OCC(=O)c2ccc3c(c2)CCCC3)cc1. The first kappa shape index (κ1) is 16.4. The summed E-state index contributed by atoms with van der Waals surface area (Å²) in [4.78, 5) is 23.9. The summed E-state index contributed by atoms with van der Waals surface area (Å²) >= 11 is 0. The molecule has 0 saturated heterocycles. The third-order valence-electron chi connectivity index (χ3n) is 4.54. The monoisotopic (exact) mass is 322 g/mol. The van der Waals surface area contributed by atoms with Crippen molar-refractivity contribution in [1.82, 2.24) is 0 Å². The van der Waals surface area contributed by atoms with Gasteiger partial charge in [0.2, 0.25) is 0 Å². The zero-order valence-corrected chi connectivity index (χ0v) is 14.0. The van der Waals surface area contributed by atoms with Crippen molar-refractivity contribution < 1.29 is 14.3 Å². The van der Waals surface area contributed by atoms with Crippen molar-refractivity contribution in [3.63, 3.8) is 0 Å². The molecular formula is C21H22O3. The number of carbonyl (C=O) groups is 2. The van der Waals surface area contributed by atoms with Gasteiger partial charge in [-0.25, -0.2) is 0 Å². The van der Waals surface area contributed by atoms with E-state index in [4.69, 9.17) is 4.74 Å². The quantitative estimate of drug-likeness (QED) is 0.739. The van der Waals surface area contributed by atoms with Crippen molar-refractivity contribution in [1.29, 1.82) is 0 Å². The summed E-state index contributed by atoms with van der Waals surface area (Å²) in [6, 6.07) is 13.0. The largest absolute Gasteiger partial charge is 0.485 e. The van der Waals surface area contributed by atoms with Crippen LogP contribution in [0.5, 0.6) is 5.75 Å². The molecule has 0 fully saturated rings. The lowest BCUT2D eigenvalue weighted by Crippen LogP contribution is -2.13. The van der Waals surface area contributed by atoms with Gasteiger partial charge in [0.15, 0.2) is 18.2 Å².